The van der Waals surface area contributed by atoms with E-state index in [9.17, 15) is 4.79 Å². The first-order valence-electron chi connectivity index (χ1n) is 8.12. The first-order chi connectivity index (χ1) is 11.3. The van der Waals surface area contributed by atoms with Crippen molar-refractivity contribution in [3.05, 3.63) is 70.8 Å². The molecule has 0 radical (unpaired) electrons. The molecule has 0 bridgehead atoms. The first kappa shape index (κ1) is 15.5. The number of carbonyl (C=O) groups is 1. The molecule has 0 saturated carbocycles. The quantitative estimate of drug-likeness (QED) is 0.808. The predicted molar refractivity (Wildman–Crippen MR) is 90.2 cm³/mol. The van der Waals surface area contributed by atoms with Gasteiger partial charge < -0.3 is 0 Å². The van der Waals surface area contributed by atoms with Gasteiger partial charge in [0.15, 0.2) is 5.78 Å². The number of hydrogen-bond acceptors (Lipinski definition) is 3. The number of carbonyl (C=O) groups excluding carboxylic acids is 1. The summed E-state index contributed by atoms with van der Waals surface area (Å²) in [5, 5.41) is 8.81. The minimum atomic E-state index is -0.000915. The van der Waals surface area contributed by atoms with Gasteiger partial charge in [-0.2, -0.15) is 5.26 Å². The summed E-state index contributed by atoms with van der Waals surface area (Å²) in [6.07, 6.45) is 3.92. The van der Waals surface area contributed by atoms with Gasteiger partial charge in [-0.1, -0.05) is 30.7 Å². The highest BCUT2D eigenvalue weighted by Crippen LogP contribution is 2.15. The molecule has 1 aliphatic heterocycles. The van der Waals surface area contributed by atoms with Crippen molar-refractivity contribution in [3.8, 4) is 6.07 Å². The highest BCUT2D eigenvalue weighted by molar-refractivity contribution is 6.09. The average molecular weight is 304 g/mol. The van der Waals surface area contributed by atoms with E-state index in [-0.39, 0.29) is 5.78 Å². The number of likely N-dealkylation sites (tertiary alicyclic amines) is 1. The van der Waals surface area contributed by atoms with Gasteiger partial charge in [0.2, 0.25) is 0 Å². The summed E-state index contributed by atoms with van der Waals surface area (Å²) >= 11 is 0. The summed E-state index contributed by atoms with van der Waals surface area (Å²) in [5.74, 6) is -0.000915. The number of nitrogens with zero attached hydrogens (tertiary/aromatic N) is 2. The van der Waals surface area contributed by atoms with E-state index in [1.807, 2.05) is 24.3 Å². The highest BCUT2D eigenvalue weighted by atomic mass is 16.1. The van der Waals surface area contributed by atoms with Gasteiger partial charge in [-0.15, -0.1) is 0 Å². The topological polar surface area (TPSA) is 44.1 Å². The molecule has 116 valence electrons. The molecule has 1 aliphatic rings. The number of rotatable bonds is 4. The Morgan fingerprint density at radius 3 is 2.04 bits per heavy atom. The van der Waals surface area contributed by atoms with Gasteiger partial charge in [0.1, 0.15) is 0 Å². The molecule has 1 fully saturated rings. The van der Waals surface area contributed by atoms with E-state index >= 15 is 0 Å². The zero-order valence-electron chi connectivity index (χ0n) is 13.2. The summed E-state index contributed by atoms with van der Waals surface area (Å²) < 4.78 is 0. The van der Waals surface area contributed by atoms with Gasteiger partial charge in [-0.05, 0) is 55.8 Å². The van der Waals surface area contributed by atoms with Crippen molar-refractivity contribution < 1.29 is 4.79 Å². The van der Waals surface area contributed by atoms with Crippen molar-refractivity contribution in [3.63, 3.8) is 0 Å². The minimum absolute atomic E-state index is 0.000915. The normalized spacial score (nSPS) is 15.1. The van der Waals surface area contributed by atoms with Crippen molar-refractivity contribution in [2.24, 2.45) is 0 Å². The lowest BCUT2D eigenvalue weighted by Crippen LogP contribution is -2.29. The second kappa shape index (κ2) is 7.21. The molecule has 0 atom stereocenters. The minimum Gasteiger partial charge on any atom is -0.299 e. The number of hydrogen-bond donors (Lipinski definition) is 0. The van der Waals surface area contributed by atoms with Gasteiger partial charge >= 0.3 is 0 Å². The third kappa shape index (κ3) is 3.85. The fourth-order valence-electron chi connectivity index (χ4n) is 3.00. The Morgan fingerprint density at radius 2 is 1.48 bits per heavy atom. The molecule has 3 nitrogen and oxygen atoms in total. The van der Waals surface area contributed by atoms with Crippen molar-refractivity contribution in [1.29, 1.82) is 5.26 Å². The smallest absolute Gasteiger partial charge is 0.193 e. The maximum absolute atomic E-state index is 12.5. The van der Waals surface area contributed by atoms with E-state index in [0.717, 1.165) is 6.54 Å². The Bertz CT molecular complexity index is 705. The van der Waals surface area contributed by atoms with Crippen LogP contribution in [0.25, 0.3) is 0 Å². The zero-order chi connectivity index (χ0) is 16.1. The SMILES string of the molecule is N#Cc1ccc(C(=O)c2ccc(CN3CCCCC3)cc2)cc1. The van der Waals surface area contributed by atoms with Crippen LogP contribution in [0.3, 0.4) is 0 Å². The second-order valence-corrected chi connectivity index (χ2v) is 6.05. The molecule has 0 aromatic heterocycles. The van der Waals surface area contributed by atoms with Crippen molar-refractivity contribution in [2.45, 2.75) is 25.8 Å². The summed E-state index contributed by atoms with van der Waals surface area (Å²) in [4.78, 5) is 14.9. The van der Waals surface area contributed by atoms with Crippen LogP contribution in [-0.2, 0) is 6.54 Å². The number of piperidine rings is 1. The molecule has 0 amide bonds. The maximum atomic E-state index is 12.5. The van der Waals surface area contributed by atoms with Crippen LogP contribution in [0.5, 0.6) is 0 Å². The third-order valence-electron chi connectivity index (χ3n) is 4.35. The van der Waals surface area contributed by atoms with Crippen molar-refractivity contribution in [2.75, 3.05) is 13.1 Å². The van der Waals surface area contributed by atoms with Crippen LogP contribution in [0.1, 0.15) is 46.3 Å². The summed E-state index contributed by atoms with van der Waals surface area (Å²) in [7, 11) is 0. The van der Waals surface area contributed by atoms with Crippen molar-refractivity contribution >= 4 is 5.78 Å². The second-order valence-electron chi connectivity index (χ2n) is 6.05. The van der Waals surface area contributed by atoms with E-state index < -0.39 is 0 Å². The molecule has 1 saturated heterocycles. The molecule has 0 spiro atoms. The number of benzene rings is 2. The summed E-state index contributed by atoms with van der Waals surface area (Å²) in [5.41, 5.74) is 3.13. The molecule has 3 heteroatoms. The number of nitriles is 1. The Morgan fingerprint density at radius 1 is 0.913 bits per heavy atom. The maximum Gasteiger partial charge on any atom is 0.193 e. The average Bonchev–Trinajstić information content (AvgIpc) is 2.63. The largest absolute Gasteiger partial charge is 0.299 e. The Hall–Kier alpha value is -2.44. The van der Waals surface area contributed by atoms with E-state index in [0.29, 0.717) is 16.7 Å². The van der Waals surface area contributed by atoms with Crippen LogP contribution in [0, 0.1) is 11.3 Å². The van der Waals surface area contributed by atoms with Crippen LogP contribution in [0.4, 0.5) is 0 Å². The highest BCUT2D eigenvalue weighted by Gasteiger charge is 2.12. The van der Waals surface area contributed by atoms with E-state index in [2.05, 4.69) is 11.0 Å². The van der Waals surface area contributed by atoms with Gasteiger partial charge in [0.25, 0.3) is 0 Å². The molecule has 23 heavy (non-hydrogen) atoms. The lowest BCUT2D eigenvalue weighted by Gasteiger charge is -2.26. The van der Waals surface area contributed by atoms with E-state index in [1.54, 1.807) is 24.3 Å². The molecular weight excluding hydrogens is 284 g/mol. The fraction of sp³-hybridized carbons (Fsp3) is 0.300. The van der Waals surface area contributed by atoms with Crippen LogP contribution in [0.2, 0.25) is 0 Å². The van der Waals surface area contributed by atoms with Crippen LogP contribution in [-0.4, -0.2) is 23.8 Å². The zero-order valence-corrected chi connectivity index (χ0v) is 13.2. The molecule has 0 N–H and O–H groups in total. The number of ketones is 1. The van der Waals surface area contributed by atoms with Crippen LogP contribution in [0.15, 0.2) is 48.5 Å². The fourth-order valence-corrected chi connectivity index (χ4v) is 3.00. The lowest BCUT2D eigenvalue weighted by molar-refractivity contribution is 0.103. The monoisotopic (exact) mass is 304 g/mol. The van der Waals surface area contributed by atoms with Crippen molar-refractivity contribution in [1.82, 2.24) is 4.90 Å². The van der Waals surface area contributed by atoms with Crippen LogP contribution >= 0.6 is 0 Å². The lowest BCUT2D eigenvalue weighted by atomic mass is 10.0. The third-order valence-corrected chi connectivity index (χ3v) is 4.35. The van der Waals surface area contributed by atoms with Gasteiger partial charge in [-0.3, -0.25) is 9.69 Å². The van der Waals surface area contributed by atoms with Gasteiger partial charge in [-0.25, -0.2) is 0 Å². The van der Waals surface area contributed by atoms with Gasteiger partial charge in [0.05, 0.1) is 11.6 Å². The molecule has 0 unspecified atom stereocenters. The molecule has 1 heterocycles. The molecule has 2 aromatic rings. The molecule has 0 aliphatic carbocycles. The molecule has 3 rings (SSSR count). The standard InChI is InChI=1S/C20H20N2O/c21-14-16-4-8-18(9-5-16)20(23)19-10-6-17(7-11-19)15-22-12-2-1-3-13-22/h4-11H,1-3,12-13,15H2. The Balaban J connectivity index is 1.68. The summed E-state index contributed by atoms with van der Waals surface area (Å²) in [6.45, 7) is 3.31. The molecular formula is C20H20N2O. The Kier molecular flexibility index (Phi) is 4.85. The van der Waals surface area contributed by atoms with Crippen LogP contribution < -0.4 is 0 Å². The predicted octanol–water partition coefficient (Wildman–Crippen LogP) is 3.78. The Labute approximate surface area is 137 Å². The van der Waals surface area contributed by atoms with Gasteiger partial charge in [0, 0.05) is 17.7 Å². The van der Waals surface area contributed by atoms with E-state index in [4.69, 9.17) is 5.26 Å². The first-order valence-corrected chi connectivity index (χ1v) is 8.12. The molecule has 2 aromatic carbocycles. The van der Waals surface area contributed by atoms with E-state index in [1.165, 1.54) is 37.9 Å². The summed E-state index contributed by atoms with van der Waals surface area (Å²) in [6, 6.07) is 16.7.